The standard InChI is InChI=1S/C19H23N3O4S2/c20-27(23,24)18-8-10-19(11-9-18)28(25,26)22-15-13-21(14-16-22)12-4-7-17-5-2-1-3-6-17/h1-11H,12-16H2,(H2,20,23,24). The first kappa shape index (κ1) is 20.7. The van der Waals surface area contributed by atoms with E-state index in [1.165, 1.54) is 28.6 Å². The van der Waals surface area contributed by atoms with E-state index in [0.717, 1.165) is 12.1 Å². The van der Waals surface area contributed by atoms with Crippen molar-refractivity contribution in [3.63, 3.8) is 0 Å². The highest BCUT2D eigenvalue weighted by Gasteiger charge is 2.28. The Hall–Kier alpha value is -2.04. The molecule has 1 saturated heterocycles. The van der Waals surface area contributed by atoms with Crippen LogP contribution in [0.15, 0.2) is 70.5 Å². The second kappa shape index (κ2) is 8.54. The van der Waals surface area contributed by atoms with Crippen molar-refractivity contribution in [1.82, 2.24) is 9.21 Å². The summed E-state index contributed by atoms with van der Waals surface area (Å²) in [5.74, 6) is 0. The van der Waals surface area contributed by atoms with Crippen molar-refractivity contribution in [1.29, 1.82) is 0 Å². The average molecular weight is 422 g/mol. The van der Waals surface area contributed by atoms with Crippen molar-refractivity contribution in [2.45, 2.75) is 9.79 Å². The second-order valence-electron chi connectivity index (χ2n) is 6.53. The van der Waals surface area contributed by atoms with Crippen molar-refractivity contribution >= 4 is 26.1 Å². The third kappa shape index (κ3) is 5.06. The van der Waals surface area contributed by atoms with Crippen LogP contribution in [0, 0.1) is 0 Å². The van der Waals surface area contributed by atoms with E-state index in [0.29, 0.717) is 26.2 Å². The summed E-state index contributed by atoms with van der Waals surface area (Å²) in [4.78, 5) is 2.15. The van der Waals surface area contributed by atoms with Gasteiger partial charge in [0.15, 0.2) is 0 Å². The number of nitrogens with zero attached hydrogens (tertiary/aromatic N) is 2. The summed E-state index contributed by atoms with van der Waals surface area (Å²) in [5, 5.41) is 5.05. The molecule has 0 aliphatic carbocycles. The summed E-state index contributed by atoms with van der Waals surface area (Å²) in [6.07, 6.45) is 4.13. The lowest BCUT2D eigenvalue weighted by Gasteiger charge is -2.33. The molecule has 0 atom stereocenters. The van der Waals surface area contributed by atoms with Gasteiger partial charge in [-0.15, -0.1) is 0 Å². The summed E-state index contributed by atoms with van der Waals surface area (Å²) >= 11 is 0. The molecule has 0 amide bonds. The average Bonchev–Trinajstić information content (AvgIpc) is 2.69. The Morgan fingerprint density at radius 3 is 1.96 bits per heavy atom. The van der Waals surface area contributed by atoms with Crippen molar-refractivity contribution in [3.8, 4) is 0 Å². The van der Waals surface area contributed by atoms with E-state index in [9.17, 15) is 16.8 Å². The predicted molar refractivity (Wildman–Crippen MR) is 108 cm³/mol. The first-order valence-corrected chi connectivity index (χ1v) is 11.8. The van der Waals surface area contributed by atoms with Crippen LogP contribution in [0.4, 0.5) is 0 Å². The molecule has 3 rings (SSSR count). The van der Waals surface area contributed by atoms with Gasteiger partial charge in [0.2, 0.25) is 20.0 Å². The van der Waals surface area contributed by atoms with Gasteiger partial charge in [-0.2, -0.15) is 4.31 Å². The molecule has 1 aliphatic rings. The lowest BCUT2D eigenvalue weighted by molar-refractivity contribution is 0.204. The Morgan fingerprint density at radius 2 is 1.39 bits per heavy atom. The molecule has 1 aliphatic heterocycles. The number of hydrogen-bond acceptors (Lipinski definition) is 5. The maximum absolute atomic E-state index is 12.8. The first-order chi connectivity index (χ1) is 13.3. The molecule has 1 fully saturated rings. The Balaban J connectivity index is 1.58. The van der Waals surface area contributed by atoms with E-state index in [4.69, 9.17) is 5.14 Å². The number of piperazine rings is 1. The van der Waals surface area contributed by atoms with Crippen LogP contribution in [-0.2, 0) is 20.0 Å². The minimum absolute atomic E-state index is 0.0670. The molecular formula is C19H23N3O4S2. The Morgan fingerprint density at radius 1 is 0.821 bits per heavy atom. The topological polar surface area (TPSA) is 101 Å². The van der Waals surface area contributed by atoms with Gasteiger partial charge in [0.05, 0.1) is 9.79 Å². The molecule has 0 bridgehead atoms. The molecule has 1 heterocycles. The fourth-order valence-electron chi connectivity index (χ4n) is 3.00. The summed E-state index contributed by atoms with van der Waals surface area (Å²) in [6.45, 7) is 2.80. The number of hydrogen-bond donors (Lipinski definition) is 1. The smallest absolute Gasteiger partial charge is 0.243 e. The van der Waals surface area contributed by atoms with E-state index in [-0.39, 0.29) is 9.79 Å². The zero-order valence-corrected chi connectivity index (χ0v) is 16.9. The van der Waals surface area contributed by atoms with Gasteiger partial charge in [-0.1, -0.05) is 42.5 Å². The van der Waals surface area contributed by atoms with Crippen LogP contribution in [0.1, 0.15) is 5.56 Å². The summed E-state index contributed by atoms with van der Waals surface area (Å²) < 4.78 is 49.6. The lowest BCUT2D eigenvalue weighted by atomic mass is 10.2. The number of nitrogens with two attached hydrogens (primary N) is 1. The highest BCUT2D eigenvalue weighted by atomic mass is 32.2. The van der Waals surface area contributed by atoms with Gasteiger partial charge in [-0.25, -0.2) is 22.0 Å². The number of primary sulfonamides is 1. The van der Waals surface area contributed by atoms with Crippen molar-refractivity contribution < 1.29 is 16.8 Å². The number of benzene rings is 2. The van der Waals surface area contributed by atoms with Crippen LogP contribution in [-0.4, -0.2) is 58.8 Å². The van der Waals surface area contributed by atoms with Gasteiger partial charge in [0, 0.05) is 32.7 Å². The molecule has 0 aromatic heterocycles. The van der Waals surface area contributed by atoms with E-state index in [1.54, 1.807) is 0 Å². The van der Waals surface area contributed by atoms with E-state index in [2.05, 4.69) is 17.1 Å². The van der Waals surface area contributed by atoms with Crippen LogP contribution in [0.5, 0.6) is 0 Å². The van der Waals surface area contributed by atoms with E-state index >= 15 is 0 Å². The van der Waals surface area contributed by atoms with Gasteiger partial charge >= 0.3 is 0 Å². The number of sulfonamides is 2. The molecule has 0 radical (unpaired) electrons. The maximum atomic E-state index is 12.8. The molecule has 0 unspecified atom stereocenters. The maximum Gasteiger partial charge on any atom is 0.243 e. The van der Waals surface area contributed by atoms with Gasteiger partial charge in [-0.3, -0.25) is 4.90 Å². The fraction of sp³-hybridized carbons (Fsp3) is 0.263. The summed E-state index contributed by atoms with van der Waals surface area (Å²) in [5.41, 5.74) is 1.13. The molecular weight excluding hydrogens is 398 g/mol. The van der Waals surface area contributed by atoms with Crippen LogP contribution < -0.4 is 5.14 Å². The van der Waals surface area contributed by atoms with Gasteiger partial charge < -0.3 is 0 Å². The van der Waals surface area contributed by atoms with Crippen LogP contribution >= 0.6 is 0 Å². The van der Waals surface area contributed by atoms with Crippen LogP contribution in [0.25, 0.3) is 6.08 Å². The molecule has 9 heteroatoms. The second-order valence-corrected chi connectivity index (χ2v) is 10.0. The van der Waals surface area contributed by atoms with Crippen molar-refractivity contribution in [3.05, 3.63) is 66.2 Å². The summed E-state index contributed by atoms with van der Waals surface area (Å²) in [7, 11) is -7.51. The first-order valence-electron chi connectivity index (χ1n) is 8.84. The highest BCUT2D eigenvalue weighted by Crippen LogP contribution is 2.19. The Kier molecular flexibility index (Phi) is 6.31. The monoisotopic (exact) mass is 421 g/mol. The third-order valence-electron chi connectivity index (χ3n) is 4.59. The fourth-order valence-corrected chi connectivity index (χ4v) is 4.94. The van der Waals surface area contributed by atoms with E-state index in [1.807, 2.05) is 30.3 Å². The molecule has 0 saturated carbocycles. The minimum atomic E-state index is -3.85. The Bertz CT molecular complexity index is 1030. The largest absolute Gasteiger partial charge is 0.297 e. The normalized spacial score (nSPS) is 17.2. The number of rotatable bonds is 6. The van der Waals surface area contributed by atoms with Crippen molar-refractivity contribution in [2.24, 2.45) is 5.14 Å². The SMILES string of the molecule is NS(=O)(=O)c1ccc(S(=O)(=O)N2CCN(CC=Cc3ccccc3)CC2)cc1. The highest BCUT2D eigenvalue weighted by molar-refractivity contribution is 7.89. The molecule has 150 valence electrons. The zero-order valence-electron chi connectivity index (χ0n) is 15.3. The Labute approximate surface area is 166 Å². The van der Waals surface area contributed by atoms with Gasteiger partial charge in [0.1, 0.15) is 0 Å². The van der Waals surface area contributed by atoms with Crippen molar-refractivity contribution in [2.75, 3.05) is 32.7 Å². The predicted octanol–water partition coefficient (Wildman–Crippen LogP) is 1.35. The molecule has 2 N–H and O–H groups in total. The molecule has 2 aromatic rings. The zero-order chi connectivity index (χ0) is 20.2. The minimum Gasteiger partial charge on any atom is -0.297 e. The van der Waals surface area contributed by atoms with Crippen LogP contribution in [0.3, 0.4) is 0 Å². The molecule has 2 aromatic carbocycles. The quantitative estimate of drug-likeness (QED) is 0.759. The molecule has 0 spiro atoms. The van der Waals surface area contributed by atoms with Gasteiger partial charge in [-0.05, 0) is 29.8 Å². The molecule has 7 nitrogen and oxygen atoms in total. The lowest BCUT2D eigenvalue weighted by Crippen LogP contribution is -2.48. The summed E-state index contributed by atoms with van der Waals surface area (Å²) in [6, 6.07) is 15.0. The third-order valence-corrected chi connectivity index (χ3v) is 7.44. The van der Waals surface area contributed by atoms with Crippen LogP contribution in [0.2, 0.25) is 0 Å². The van der Waals surface area contributed by atoms with E-state index < -0.39 is 20.0 Å². The van der Waals surface area contributed by atoms with Gasteiger partial charge in [0.25, 0.3) is 0 Å². The molecule has 28 heavy (non-hydrogen) atoms.